The van der Waals surface area contributed by atoms with Crippen LogP contribution in [0.1, 0.15) is 26.2 Å². The molecule has 1 rings (SSSR count). The van der Waals surface area contributed by atoms with Gasteiger partial charge in [-0.2, -0.15) is 0 Å². The number of hydrogen-bond acceptors (Lipinski definition) is 10. The minimum absolute atomic E-state index is 0.104. The van der Waals surface area contributed by atoms with Gasteiger partial charge in [-0.05, 0) is 0 Å². The van der Waals surface area contributed by atoms with Gasteiger partial charge in [0.15, 0.2) is 0 Å². The second-order valence-corrected chi connectivity index (χ2v) is 6.91. The number of carbonyl (C=O) groups excluding carboxylic acids is 3. The lowest BCUT2D eigenvalue weighted by atomic mass is 9.84. The Morgan fingerprint density at radius 1 is 1.34 bits per heavy atom. The number of aliphatic carboxylic acids is 1. The maximum absolute atomic E-state index is 11.7. The summed E-state index contributed by atoms with van der Waals surface area (Å²) in [5.41, 5.74) is 10.3. The molecule has 1 aliphatic heterocycles. The van der Waals surface area contributed by atoms with Crippen molar-refractivity contribution in [3.63, 3.8) is 0 Å². The van der Waals surface area contributed by atoms with Crippen LogP contribution in [-0.2, 0) is 28.7 Å². The lowest BCUT2D eigenvalue weighted by molar-refractivity contribution is -0.287. The van der Waals surface area contributed by atoms with E-state index in [2.05, 4.69) is 5.32 Å². The molecule has 1 heterocycles. The van der Waals surface area contributed by atoms with Gasteiger partial charge in [-0.15, -0.1) is 0 Å². The van der Waals surface area contributed by atoms with Crippen molar-refractivity contribution in [2.24, 2.45) is 17.4 Å². The number of amides is 2. The highest BCUT2D eigenvalue weighted by atomic mass is 16.7. The second-order valence-electron chi connectivity index (χ2n) is 6.91. The number of aliphatic hydroxyl groups excluding tert-OH is 2. The fourth-order valence-electron chi connectivity index (χ4n) is 2.88. The van der Waals surface area contributed by atoms with E-state index in [1.807, 2.05) is 0 Å². The third kappa shape index (κ3) is 7.55. The number of primary amides is 1. The number of ether oxygens (including phenoxy) is 2. The van der Waals surface area contributed by atoms with Crippen LogP contribution in [0.2, 0.25) is 0 Å². The minimum Gasteiger partial charge on any atom is -0.477 e. The molecule has 0 aromatic carbocycles. The van der Waals surface area contributed by atoms with Crippen LogP contribution in [0.3, 0.4) is 0 Å². The van der Waals surface area contributed by atoms with Crippen molar-refractivity contribution in [3.8, 4) is 0 Å². The molecule has 0 saturated carbocycles. The third-order valence-electron chi connectivity index (χ3n) is 4.37. The Morgan fingerprint density at radius 2 is 1.97 bits per heavy atom. The molecule has 0 bridgehead atoms. The highest BCUT2D eigenvalue weighted by Gasteiger charge is 2.50. The highest BCUT2D eigenvalue weighted by molar-refractivity contribution is 5.84. The Bertz CT molecular complexity index is 630. The van der Waals surface area contributed by atoms with Crippen LogP contribution in [0.15, 0.2) is 0 Å². The topological polar surface area (TPSA) is 232 Å². The molecule has 9 N–H and O–H groups in total. The van der Waals surface area contributed by atoms with Crippen LogP contribution in [0.25, 0.3) is 0 Å². The monoisotopic (exact) mass is 421 g/mol. The van der Waals surface area contributed by atoms with E-state index in [0.717, 1.165) is 0 Å². The fraction of sp³-hybridized carbons (Fsp3) is 0.750. The number of carboxylic acids is 1. The maximum atomic E-state index is 11.7. The standard InChI is InChI=1S/C16H27N3O10/c1-7(20)19-5-9-11(22)4-16(27,15(25)26)29-12(9)2-8(21)6-28-14(24)10(17)3-13(18)23/h8-12,21-22,27H,2-6,17H2,1H3,(H2,18,23)(H,19,20)(H,25,26)/t8-,9?,10+,11?,12?,16?/m0/s1. The van der Waals surface area contributed by atoms with Gasteiger partial charge in [0, 0.05) is 32.2 Å². The summed E-state index contributed by atoms with van der Waals surface area (Å²) in [6.45, 7) is 0.564. The van der Waals surface area contributed by atoms with Crippen LogP contribution in [0, 0.1) is 5.92 Å². The lowest BCUT2D eigenvalue weighted by Crippen LogP contribution is -2.58. The van der Waals surface area contributed by atoms with Crippen LogP contribution < -0.4 is 16.8 Å². The number of nitrogens with one attached hydrogen (secondary N) is 1. The molecule has 1 aliphatic rings. The molecule has 0 aromatic rings. The molecule has 29 heavy (non-hydrogen) atoms. The fourth-order valence-corrected chi connectivity index (χ4v) is 2.88. The van der Waals surface area contributed by atoms with Crippen molar-refractivity contribution >= 4 is 23.8 Å². The third-order valence-corrected chi connectivity index (χ3v) is 4.37. The van der Waals surface area contributed by atoms with Gasteiger partial charge in [-0.3, -0.25) is 14.4 Å². The lowest BCUT2D eigenvalue weighted by Gasteiger charge is -2.43. The SMILES string of the molecule is CC(=O)NCC1C(O)CC(O)(C(=O)O)OC1C[C@H](O)COC(=O)[C@H](N)CC(N)=O. The maximum Gasteiger partial charge on any atom is 0.364 e. The van der Waals surface area contributed by atoms with Gasteiger partial charge < -0.3 is 46.7 Å². The average molecular weight is 421 g/mol. The largest absolute Gasteiger partial charge is 0.477 e. The molecule has 2 amide bonds. The Hall–Kier alpha value is -2.32. The van der Waals surface area contributed by atoms with Gasteiger partial charge in [0.2, 0.25) is 11.8 Å². The molecule has 6 atom stereocenters. The van der Waals surface area contributed by atoms with Crippen molar-refractivity contribution in [1.29, 1.82) is 0 Å². The molecule has 0 aromatic heterocycles. The first-order chi connectivity index (χ1) is 13.4. The summed E-state index contributed by atoms with van der Waals surface area (Å²) in [4.78, 5) is 44.8. The highest BCUT2D eigenvalue weighted by Crippen LogP contribution is 2.33. The number of aliphatic hydroxyl groups is 3. The van der Waals surface area contributed by atoms with E-state index >= 15 is 0 Å². The predicted octanol–water partition coefficient (Wildman–Crippen LogP) is -3.84. The number of nitrogens with two attached hydrogens (primary N) is 2. The smallest absolute Gasteiger partial charge is 0.364 e. The van der Waals surface area contributed by atoms with Gasteiger partial charge >= 0.3 is 11.9 Å². The Morgan fingerprint density at radius 3 is 2.48 bits per heavy atom. The summed E-state index contributed by atoms with van der Waals surface area (Å²) >= 11 is 0. The first-order valence-corrected chi connectivity index (χ1v) is 8.80. The first-order valence-electron chi connectivity index (χ1n) is 8.80. The number of hydrogen-bond donors (Lipinski definition) is 7. The van der Waals surface area contributed by atoms with E-state index in [1.54, 1.807) is 0 Å². The molecular formula is C16H27N3O10. The minimum atomic E-state index is -2.68. The van der Waals surface area contributed by atoms with Gasteiger partial charge in [0.25, 0.3) is 5.79 Å². The van der Waals surface area contributed by atoms with Crippen molar-refractivity contribution in [1.82, 2.24) is 5.32 Å². The molecule has 13 heteroatoms. The molecule has 13 nitrogen and oxygen atoms in total. The predicted molar refractivity (Wildman–Crippen MR) is 93.6 cm³/mol. The van der Waals surface area contributed by atoms with E-state index in [4.69, 9.17) is 26.0 Å². The van der Waals surface area contributed by atoms with Crippen molar-refractivity contribution in [2.45, 2.75) is 56.3 Å². The van der Waals surface area contributed by atoms with E-state index in [0.29, 0.717) is 0 Å². The van der Waals surface area contributed by atoms with Crippen LogP contribution >= 0.6 is 0 Å². The van der Waals surface area contributed by atoms with Gasteiger partial charge in [0.1, 0.15) is 12.6 Å². The van der Waals surface area contributed by atoms with Crippen molar-refractivity contribution in [2.75, 3.05) is 13.2 Å². The van der Waals surface area contributed by atoms with Crippen molar-refractivity contribution < 1.29 is 49.1 Å². The van der Waals surface area contributed by atoms with Gasteiger partial charge in [-0.25, -0.2) is 4.79 Å². The molecule has 4 unspecified atom stereocenters. The van der Waals surface area contributed by atoms with Crippen molar-refractivity contribution in [3.05, 3.63) is 0 Å². The summed E-state index contributed by atoms with van der Waals surface area (Å²) in [5, 5.41) is 42.0. The van der Waals surface area contributed by atoms with E-state index in [1.165, 1.54) is 6.92 Å². The summed E-state index contributed by atoms with van der Waals surface area (Å²) in [5.74, 6) is -7.46. The molecule has 0 radical (unpaired) electrons. The van der Waals surface area contributed by atoms with Crippen LogP contribution in [-0.4, -0.2) is 87.5 Å². The molecule has 0 spiro atoms. The number of esters is 1. The number of carbonyl (C=O) groups is 4. The van der Waals surface area contributed by atoms with E-state index in [9.17, 15) is 34.5 Å². The number of rotatable bonds is 10. The zero-order chi connectivity index (χ0) is 22.4. The zero-order valence-electron chi connectivity index (χ0n) is 15.8. The Kier molecular flexibility index (Phi) is 8.91. The van der Waals surface area contributed by atoms with E-state index in [-0.39, 0.29) is 13.0 Å². The normalized spacial score (nSPS) is 28.8. The Labute approximate surface area is 165 Å². The van der Waals surface area contributed by atoms with Gasteiger partial charge in [-0.1, -0.05) is 0 Å². The summed E-state index contributed by atoms with van der Waals surface area (Å²) in [6.07, 6.45) is -5.36. The van der Waals surface area contributed by atoms with Crippen LogP contribution in [0.5, 0.6) is 0 Å². The first kappa shape index (κ1) is 24.7. The molecule has 1 fully saturated rings. The summed E-state index contributed by atoms with van der Waals surface area (Å²) in [7, 11) is 0. The quantitative estimate of drug-likeness (QED) is 0.169. The van der Waals surface area contributed by atoms with E-state index < -0.39 is 79.3 Å². The molecule has 0 aliphatic carbocycles. The summed E-state index contributed by atoms with van der Waals surface area (Å²) in [6, 6.07) is -1.31. The number of carboxylic acid groups (broad SMARTS) is 1. The van der Waals surface area contributed by atoms with Crippen LogP contribution in [0.4, 0.5) is 0 Å². The Balaban J connectivity index is 2.77. The van der Waals surface area contributed by atoms with Gasteiger partial charge in [0.05, 0.1) is 24.7 Å². The molecule has 166 valence electrons. The average Bonchev–Trinajstić information content (AvgIpc) is 2.57. The second kappa shape index (κ2) is 10.5. The molecule has 1 saturated heterocycles. The zero-order valence-corrected chi connectivity index (χ0v) is 15.8. The molecular weight excluding hydrogens is 394 g/mol. The summed E-state index contributed by atoms with van der Waals surface area (Å²) < 4.78 is 9.97.